The summed E-state index contributed by atoms with van der Waals surface area (Å²) in [4.78, 5) is 13.7. The molecular formula is C14H20N2O. The molecule has 1 aromatic carbocycles. The fraction of sp³-hybridized carbons (Fsp3) is 0.500. The number of para-hydroxylation sites is 1. The van der Waals surface area contributed by atoms with Crippen LogP contribution in [-0.2, 0) is 4.79 Å². The standard InChI is InChI=1S/C14H20N2O/c1-10-6-5-7-11(2)13(10)16-9-4-3-8-12(16)14(15)17/h5-7,12H,3-4,8-9H2,1-2H3,(H2,15,17)/t12-/m0/s1. The molecule has 3 heteroatoms. The van der Waals surface area contributed by atoms with Gasteiger partial charge in [0.25, 0.3) is 0 Å². The Kier molecular flexibility index (Phi) is 3.36. The summed E-state index contributed by atoms with van der Waals surface area (Å²) in [5.74, 6) is -0.202. The zero-order valence-corrected chi connectivity index (χ0v) is 10.6. The zero-order valence-electron chi connectivity index (χ0n) is 10.6. The minimum absolute atomic E-state index is 0.136. The van der Waals surface area contributed by atoms with Crippen molar-refractivity contribution in [1.82, 2.24) is 0 Å². The first kappa shape index (κ1) is 12.0. The van der Waals surface area contributed by atoms with Crippen molar-refractivity contribution in [2.24, 2.45) is 5.73 Å². The van der Waals surface area contributed by atoms with Crippen molar-refractivity contribution < 1.29 is 4.79 Å². The van der Waals surface area contributed by atoms with E-state index < -0.39 is 0 Å². The van der Waals surface area contributed by atoms with Gasteiger partial charge in [0.15, 0.2) is 0 Å². The summed E-state index contributed by atoms with van der Waals surface area (Å²) in [6.07, 6.45) is 3.11. The molecule has 3 nitrogen and oxygen atoms in total. The van der Waals surface area contributed by atoms with Gasteiger partial charge >= 0.3 is 0 Å². The molecule has 1 aliphatic heterocycles. The Balaban J connectivity index is 2.39. The number of hydrogen-bond acceptors (Lipinski definition) is 2. The predicted molar refractivity (Wildman–Crippen MR) is 70.1 cm³/mol. The van der Waals surface area contributed by atoms with Crippen LogP contribution in [0.3, 0.4) is 0 Å². The lowest BCUT2D eigenvalue weighted by Crippen LogP contribution is -2.48. The van der Waals surface area contributed by atoms with Gasteiger partial charge in [0.05, 0.1) is 0 Å². The molecule has 1 atom stereocenters. The van der Waals surface area contributed by atoms with Crippen LogP contribution in [0.1, 0.15) is 30.4 Å². The summed E-state index contributed by atoms with van der Waals surface area (Å²) in [5.41, 5.74) is 9.15. The molecule has 2 rings (SSSR count). The lowest BCUT2D eigenvalue weighted by Gasteiger charge is -2.37. The number of nitrogens with two attached hydrogens (primary N) is 1. The number of anilines is 1. The van der Waals surface area contributed by atoms with Crippen LogP contribution >= 0.6 is 0 Å². The van der Waals surface area contributed by atoms with E-state index in [9.17, 15) is 4.79 Å². The van der Waals surface area contributed by atoms with Crippen LogP contribution in [0, 0.1) is 13.8 Å². The second-order valence-electron chi connectivity index (χ2n) is 4.85. The summed E-state index contributed by atoms with van der Waals surface area (Å²) < 4.78 is 0. The monoisotopic (exact) mass is 232 g/mol. The summed E-state index contributed by atoms with van der Waals surface area (Å²) >= 11 is 0. The van der Waals surface area contributed by atoms with E-state index >= 15 is 0 Å². The van der Waals surface area contributed by atoms with Gasteiger partial charge < -0.3 is 10.6 Å². The zero-order chi connectivity index (χ0) is 12.4. The quantitative estimate of drug-likeness (QED) is 0.849. The third-order valence-corrected chi connectivity index (χ3v) is 3.56. The van der Waals surface area contributed by atoms with E-state index in [1.165, 1.54) is 16.8 Å². The Morgan fingerprint density at radius 1 is 1.29 bits per heavy atom. The average molecular weight is 232 g/mol. The molecule has 1 fully saturated rings. The van der Waals surface area contributed by atoms with Crippen LogP contribution in [-0.4, -0.2) is 18.5 Å². The van der Waals surface area contributed by atoms with Gasteiger partial charge in [-0.05, 0) is 44.2 Å². The number of amides is 1. The van der Waals surface area contributed by atoms with Gasteiger partial charge in [-0.1, -0.05) is 18.2 Å². The number of carbonyl (C=O) groups excluding carboxylic acids is 1. The number of benzene rings is 1. The van der Waals surface area contributed by atoms with Crippen LogP contribution in [0.4, 0.5) is 5.69 Å². The largest absolute Gasteiger partial charge is 0.368 e. The number of piperidine rings is 1. The summed E-state index contributed by atoms with van der Waals surface area (Å²) in [6.45, 7) is 5.11. The van der Waals surface area contributed by atoms with Crippen LogP contribution in [0.5, 0.6) is 0 Å². The van der Waals surface area contributed by atoms with Crippen molar-refractivity contribution in [2.75, 3.05) is 11.4 Å². The smallest absolute Gasteiger partial charge is 0.240 e. The van der Waals surface area contributed by atoms with Crippen LogP contribution in [0.2, 0.25) is 0 Å². The fourth-order valence-corrected chi connectivity index (χ4v) is 2.75. The highest BCUT2D eigenvalue weighted by Crippen LogP contribution is 2.30. The van der Waals surface area contributed by atoms with Crippen LogP contribution < -0.4 is 10.6 Å². The van der Waals surface area contributed by atoms with E-state index in [0.717, 1.165) is 25.8 Å². The highest BCUT2D eigenvalue weighted by Gasteiger charge is 2.28. The molecule has 0 radical (unpaired) electrons. The van der Waals surface area contributed by atoms with Gasteiger partial charge in [0.2, 0.25) is 5.91 Å². The summed E-state index contributed by atoms with van der Waals surface area (Å²) in [5, 5.41) is 0. The first-order valence-electron chi connectivity index (χ1n) is 6.23. The second-order valence-corrected chi connectivity index (χ2v) is 4.85. The molecule has 0 aliphatic carbocycles. The van der Waals surface area contributed by atoms with Crippen LogP contribution in [0.15, 0.2) is 18.2 Å². The Morgan fingerprint density at radius 2 is 1.94 bits per heavy atom. The maximum absolute atomic E-state index is 11.5. The Hall–Kier alpha value is -1.51. The highest BCUT2D eigenvalue weighted by molar-refractivity contribution is 5.84. The van der Waals surface area contributed by atoms with Crippen molar-refractivity contribution in [1.29, 1.82) is 0 Å². The Labute approximate surface area is 103 Å². The molecule has 1 saturated heterocycles. The van der Waals surface area contributed by atoms with Gasteiger partial charge in [-0.15, -0.1) is 0 Å². The van der Waals surface area contributed by atoms with E-state index in [1.54, 1.807) is 0 Å². The van der Waals surface area contributed by atoms with Gasteiger partial charge in [-0.3, -0.25) is 4.79 Å². The third kappa shape index (κ3) is 2.28. The predicted octanol–water partition coefficient (Wildman–Crippen LogP) is 2.15. The Bertz CT molecular complexity index is 408. The SMILES string of the molecule is Cc1cccc(C)c1N1CCCC[C@H]1C(N)=O. The van der Waals surface area contributed by atoms with E-state index in [2.05, 4.69) is 36.9 Å². The van der Waals surface area contributed by atoms with E-state index in [-0.39, 0.29) is 11.9 Å². The molecule has 0 aromatic heterocycles. The normalized spacial score (nSPS) is 20.4. The molecule has 0 unspecified atom stereocenters. The van der Waals surface area contributed by atoms with E-state index in [4.69, 9.17) is 5.73 Å². The van der Waals surface area contributed by atoms with Crippen LogP contribution in [0.25, 0.3) is 0 Å². The molecule has 2 N–H and O–H groups in total. The number of hydrogen-bond donors (Lipinski definition) is 1. The third-order valence-electron chi connectivity index (χ3n) is 3.56. The lowest BCUT2D eigenvalue weighted by atomic mass is 9.98. The second kappa shape index (κ2) is 4.78. The minimum atomic E-state index is -0.202. The topological polar surface area (TPSA) is 46.3 Å². The lowest BCUT2D eigenvalue weighted by molar-refractivity contribution is -0.119. The van der Waals surface area contributed by atoms with Crippen molar-refractivity contribution in [3.63, 3.8) is 0 Å². The van der Waals surface area contributed by atoms with Crippen molar-refractivity contribution in [2.45, 2.75) is 39.2 Å². The molecule has 1 aromatic rings. The fourth-order valence-electron chi connectivity index (χ4n) is 2.75. The van der Waals surface area contributed by atoms with Gasteiger partial charge in [-0.25, -0.2) is 0 Å². The molecule has 92 valence electrons. The molecule has 1 aliphatic rings. The molecule has 1 amide bonds. The molecule has 17 heavy (non-hydrogen) atoms. The minimum Gasteiger partial charge on any atom is -0.368 e. The number of aryl methyl sites for hydroxylation is 2. The highest BCUT2D eigenvalue weighted by atomic mass is 16.1. The van der Waals surface area contributed by atoms with E-state index in [0.29, 0.717) is 0 Å². The first-order chi connectivity index (χ1) is 8.11. The van der Waals surface area contributed by atoms with Crippen molar-refractivity contribution in [3.05, 3.63) is 29.3 Å². The van der Waals surface area contributed by atoms with E-state index in [1.807, 2.05) is 0 Å². The molecular weight excluding hydrogens is 212 g/mol. The average Bonchev–Trinajstić information content (AvgIpc) is 2.29. The molecule has 0 saturated carbocycles. The molecule has 0 bridgehead atoms. The Morgan fingerprint density at radius 3 is 2.53 bits per heavy atom. The van der Waals surface area contributed by atoms with Gasteiger partial charge in [0.1, 0.15) is 6.04 Å². The van der Waals surface area contributed by atoms with Gasteiger partial charge in [0, 0.05) is 12.2 Å². The maximum atomic E-state index is 11.5. The first-order valence-corrected chi connectivity index (χ1v) is 6.23. The maximum Gasteiger partial charge on any atom is 0.240 e. The number of nitrogens with zero attached hydrogens (tertiary/aromatic N) is 1. The number of primary amides is 1. The van der Waals surface area contributed by atoms with Gasteiger partial charge in [-0.2, -0.15) is 0 Å². The summed E-state index contributed by atoms with van der Waals surface area (Å²) in [6, 6.07) is 6.10. The van der Waals surface area contributed by atoms with Crippen molar-refractivity contribution in [3.8, 4) is 0 Å². The molecule has 0 spiro atoms. The molecule has 1 heterocycles. The summed E-state index contributed by atoms with van der Waals surface area (Å²) in [7, 11) is 0. The number of carbonyl (C=O) groups is 1. The number of rotatable bonds is 2. The van der Waals surface area contributed by atoms with Crippen molar-refractivity contribution >= 4 is 11.6 Å².